The summed E-state index contributed by atoms with van der Waals surface area (Å²) < 4.78 is 12.0. The molecule has 2 fully saturated rings. The summed E-state index contributed by atoms with van der Waals surface area (Å²) in [5, 5.41) is 16.2. The van der Waals surface area contributed by atoms with Gasteiger partial charge < -0.3 is 19.7 Å². The molecule has 24 heteroatoms. The Hall–Kier alpha value is -12.5. The lowest BCUT2D eigenvalue weighted by Crippen LogP contribution is -2.32. The van der Waals surface area contributed by atoms with E-state index in [1.165, 1.54) is 22.3 Å². The first-order valence-corrected chi connectivity index (χ1v) is 39.3. The molecule has 19 rings (SSSR count). The Bertz CT molecular complexity index is 6520. The Balaban J connectivity index is 0.000000114. The van der Waals surface area contributed by atoms with Crippen molar-refractivity contribution >= 4 is 78.1 Å². The zero-order chi connectivity index (χ0) is 78.8. The Morgan fingerprint density at radius 1 is 0.474 bits per heavy atom. The fourth-order valence-corrected chi connectivity index (χ4v) is 15.9. The number of H-pyrrole nitrogens is 1. The van der Waals surface area contributed by atoms with Crippen LogP contribution in [0.2, 0.25) is 0 Å². The van der Waals surface area contributed by atoms with Crippen molar-refractivity contribution in [3.05, 3.63) is 283 Å². The van der Waals surface area contributed by atoms with E-state index in [1.807, 2.05) is 167 Å². The second kappa shape index (κ2) is 32.7. The number of hydrogen-bond donors (Lipinski definition) is 1. The van der Waals surface area contributed by atoms with Gasteiger partial charge in [0, 0.05) is 154 Å². The Morgan fingerprint density at radius 3 is 1.45 bits per heavy atom. The summed E-state index contributed by atoms with van der Waals surface area (Å²) in [5.74, 6) is 1.77. The first-order chi connectivity index (χ1) is 55.3. The lowest BCUT2D eigenvalue weighted by atomic mass is 9.90. The van der Waals surface area contributed by atoms with E-state index >= 15 is 0 Å². The third-order valence-electron chi connectivity index (χ3n) is 22.6. The van der Waals surface area contributed by atoms with Crippen LogP contribution < -0.4 is 22.2 Å². The van der Waals surface area contributed by atoms with Gasteiger partial charge >= 0.3 is 0 Å². The third-order valence-corrected chi connectivity index (χ3v) is 22.6. The molecule has 0 amide bonds. The van der Waals surface area contributed by atoms with Crippen LogP contribution in [0.3, 0.4) is 0 Å². The molecule has 4 aliphatic heterocycles. The molecule has 2 saturated heterocycles. The highest BCUT2D eigenvalue weighted by Crippen LogP contribution is 2.32. The number of hydrogen-bond acceptors (Lipinski definition) is 16. The number of aromatic amines is 1. The van der Waals surface area contributed by atoms with Crippen molar-refractivity contribution in [3.63, 3.8) is 0 Å². The van der Waals surface area contributed by atoms with E-state index in [9.17, 15) is 19.2 Å². The van der Waals surface area contributed by atoms with Gasteiger partial charge in [0.25, 0.3) is 22.2 Å². The van der Waals surface area contributed by atoms with E-state index in [0.29, 0.717) is 62.8 Å². The molecule has 0 bridgehead atoms. The van der Waals surface area contributed by atoms with E-state index in [4.69, 9.17) is 15.0 Å². The van der Waals surface area contributed by atoms with Crippen molar-refractivity contribution in [2.45, 2.75) is 71.1 Å². The molecule has 24 nitrogen and oxygen atoms in total. The van der Waals surface area contributed by atoms with Crippen molar-refractivity contribution in [1.29, 1.82) is 0 Å². The predicted octanol–water partition coefficient (Wildman–Crippen LogP) is 13.0. The van der Waals surface area contributed by atoms with E-state index in [2.05, 4.69) is 121 Å². The number of rotatable bonds is 12. The smallest absolute Gasteiger partial charge is 0.258 e. The molecule has 1 N–H and O–H groups in total. The molecule has 0 atom stereocenters. The summed E-state index contributed by atoms with van der Waals surface area (Å²) in [7, 11) is 10.0. The van der Waals surface area contributed by atoms with Crippen LogP contribution in [0.5, 0.6) is 0 Å². The topological polar surface area (TPSA) is 233 Å². The van der Waals surface area contributed by atoms with Gasteiger partial charge in [-0.05, 0) is 235 Å². The molecule has 0 saturated carbocycles. The number of aromatic nitrogens is 16. The average Bonchev–Trinajstić information content (AvgIpc) is 0.981. The minimum atomic E-state index is -0.0822. The fraction of sp³-hybridized carbons (Fsp3) is 0.289. The lowest BCUT2D eigenvalue weighted by molar-refractivity contribution is 0.222. The van der Waals surface area contributed by atoms with Gasteiger partial charge in [-0.3, -0.25) is 55.7 Å². The fourth-order valence-electron chi connectivity index (χ4n) is 15.9. The number of piperidine rings is 2. The van der Waals surface area contributed by atoms with Gasteiger partial charge in [0.2, 0.25) is 0 Å². The van der Waals surface area contributed by atoms with Crippen LogP contribution in [-0.4, -0.2) is 176 Å². The molecule has 15 aromatic rings. The molecule has 0 unspecified atom stereocenters. The molecular weight excluding hydrogens is 1430 g/mol. The number of nitrogens with one attached hydrogen (secondary N) is 1. The number of nitrogens with zero attached hydrogens (tertiary/aromatic N) is 19. The van der Waals surface area contributed by atoms with E-state index < -0.39 is 0 Å². The van der Waals surface area contributed by atoms with Crippen LogP contribution in [0.15, 0.2) is 221 Å². The normalized spacial score (nSPS) is 15.7. The van der Waals surface area contributed by atoms with Gasteiger partial charge in [0.05, 0.1) is 45.5 Å². The van der Waals surface area contributed by atoms with Crippen molar-refractivity contribution < 1.29 is 0 Å². The minimum absolute atomic E-state index is 0.0407. The SMILES string of the molecule is C=C(/C=C\c1ncc(C)[nH]1)c1cc(=O)n2cc(C3CCN(CC)CC3)ccc2n1.CCN1CC=C(c2ccc3nc(-c4ccc5nn(C)cc5c4)cc(=O)n3c2)CC1.CN1CC=C(c2ccc3nc(-c4ccc5nn(C)cc5c4)cc(=O)n3c2)CC1.CN1CCC(c2ccc3nc(-c4ccc5c(cnn5C)c4)cc(=O)n3c2)CC1. The number of likely N-dealkylation sites (N-methyl/N-ethyl adjacent to an activating group) is 2. The Kier molecular flexibility index (Phi) is 21.7. The summed E-state index contributed by atoms with van der Waals surface area (Å²) in [4.78, 5) is 87.0. The molecule has 114 heavy (non-hydrogen) atoms. The van der Waals surface area contributed by atoms with Crippen LogP contribution >= 0.6 is 0 Å². The second-order valence-corrected chi connectivity index (χ2v) is 30.5. The highest BCUT2D eigenvalue weighted by Gasteiger charge is 2.23. The van der Waals surface area contributed by atoms with Crippen molar-refractivity contribution in [2.75, 3.05) is 79.5 Å². The minimum Gasteiger partial charge on any atom is -0.343 e. The average molecular weight is 1520 g/mol. The largest absolute Gasteiger partial charge is 0.343 e. The number of pyridine rings is 4. The Morgan fingerprint density at radius 2 is 0.947 bits per heavy atom. The van der Waals surface area contributed by atoms with Gasteiger partial charge in [-0.2, -0.15) is 15.3 Å². The molecule has 12 aromatic heterocycles. The van der Waals surface area contributed by atoms with Crippen molar-refractivity contribution in [2.24, 2.45) is 21.1 Å². The monoisotopic (exact) mass is 1520 g/mol. The predicted molar refractivity (Wildman–Crippen MR) is 455 cm³/mol. The summed E-state index contributed by atoms with van der Waals surface area (Å²) in [6.07, 6.45) is 30.0. The van der Waals surface area contributed by atoms with Crippen LogP contribution in [0, 0.1) is 6.92 Å². The number of allylic oxidation sites excluding steroid dienone is 2. The van der Waals surface area contributed by atoms with Crippen LogP contribution in [0.1, 0.15) is 104 Å². The number of fused-ring (bicyclic) bond motifs is 7. The molecule has 0 aliphatic carbocycles. The summed E-state index contributed by atoms with van der Waals surface area (Å²) in [5.41, 5.74) is 19.6. The van der Waals surface area contributed by atoms with Crippen molar-refractivity contribution in [3.8, 4) is 33.8 Å². The molecule has 578 valence electrons. The maximum Gasteiger partial charge on any atom is 0.258 e. The van der Waals surface area contributed by atoms with Gasteiger partial charge in [-0.25, -0.2) is 24.9 Å². The summed E-state index contributed by atoms with van der Waals surface area (Å²) >= 11 is 0. The number of benzene rings is 3. The summed E-state index contributed by atoms with van der Waals surface area (Å²) in [6.45, 7) is 21.0. The number of aryl methyl sites for hydroxylation is 4. The summed E-state index contributed by atoms with van der Waals surface area (Å²) in [6, 6.07) is 40.5. The van der Waals surface area contributed by atoms with Crippen LogP contribution in [0.4, 0.5) is 0 Å². The van der Waals surface area contributed by atoms with Gasteiger partial charge in [0.15, 0.2) is 0 Å². The maximum atomic E-state index is 12.9. The maximum absolute atomic E-state index is 12.9. The van der Waals surface area contributed by atoms with E-state index in [1.54, 1.807) is 57.4 Å². The van der Waals surface area contributed by atoms with Gasteiger partial charge in [-0.1, -0.05) is 62.9 Å². The second-order valence-electron chi connectivity index (χ2n) is 30.5. The quantitative estimate of drug-likeness (QED) is 0.112. The van der Waals surface area contributed by atoms with E-state index in [-0.39, 0.29) is 22.2 Å². The standard InChI is InChI=1S/C23H23N5O.C23H27N5O.C22H23N5O.C22H21N5O/c1-3-27-10-8-16(9-11-27)18-5-7-22-24-21(13-23(29)28(22)15-18)17-4-6-20-19(12-17)14-26(2)25-20;1-4-27-11-9-18(10-12-27)19-6-8-22-26-20(13-23(29)28(22)15-19)16(2)5-7-21-24-14-17(3)25-21;1-25-9-7-15(8-10-25)17-4-6-21-24-19(12-22(28)27(21)14-17)16-3-5-20-18(11-16)13-23-26(20)2;1-25-9-7-15(8-10-25)17-4-6-21-23-20(12-22(28)27(21)14-17)16-3-5-19-18(11-16)13-26(2)24-19/h4-8,12-15H,3,9-11H2,1-2H3;5-8,13-15,18H,2,4,9-12H2,1,3H3,(H,24,25);3-6,11-15H,7-10H2,1-2H3;3-7,11-14H,8-10H2,1-2H3/b;7-5-;;. The molecular formula is C90H94N20O4. The first kappa shape index (κ1) is 75.6. The molecule has 0 radical (unpaired) electrons. The zero-order valence-corrected chi connectivity index (χ0v) is 65.9. The van der Waals surface area contributed by atoms with Gasteiger partial charge in [-0.15, -0.1) is 0 Å². The number of likely N-dealkylation sites (tertiary alicyclic amines) is 2. The van der Waals surface area contributed by atoms with Gasteiger partial charge in [0.1, 0.15) is 28.4 Å². The van der Waals surface area contributed by atoms with Crippen LogP contribution in [-0.2, 0) is 21.1 Å². The number of imidazole rings is 1. The molecule has 16 heterocycles. The Labute approximate surface area is 659 Å². The molecule has 4 aliphatic rings. The van der Waals surface area contributed by atoms with E-state index in [0.717, 1.165) is 176 Å². The van der Waals surface area contributed by atoms with Crippen molar-refractivity contribution in [1.82, 2.24) is 96.4 Å². The molecule has 0 spiro atoms. The molecule has 3 aromatic carbocycles. The third kappa shape index (κ3) is 16.6. The highest BCUT2D eigenvalue weighted by atomic mass is 16.1. The lowest BCUT2D eigenvalue weighted by Gasteiger charge is -2.31. The first-order valence-electron chi connectivity index (χ1n) is 39.3. The highest BCUT2D eigenvalue weighted by molar-refractivity contribution is 5.86. The van der Waals surface area contributed by atoms with Crippen LogP contribution in [0.25, 0.3) is 112 Å². The zero-order valence-electron chi connectivity index (χ0n) is 65.9.